The van der Waals surface area contributed by atoms with Gasteiger partial charge in [-0.3, -0.25) is 29.8 Å². The minimum absolute atomic E-state index is 0. The molecule has 0 radical (unpaired) electrons. The van der Waals surface area contributed by atoms with Crippen LogP contribution >= 0.6 is 61.1 Å². The molecule has 9 rings (SSSR count). The number of likely N-dealkylation sites (tertiary alicyclic amines) is 2. The van der Waals surface area contributed by atoms with E-state index in [-0.39, 0.29) is 54.4 Å². The molecule has 4 aromatic carbocycles. The van der Waals surface area contributed by atoms with Crippen molar-refractivity contribution < 1.29 is 19.4 Å². The maximum Gasteiger partial charge on any atom is 0.270 e. The molecule has 1 unspecified atom stereocenters. The number of Topliss-reactive ketones (excluding diaryl/α,β-unsaturated/α-hetero) is 1. The lowest BCUT2D eigenvalue weighted by molar-refractivity contribution is -0.385. The Labute approximate surface area is 476 Å². The van der Waals surface area contributed by atoms with E-state index in [9.17, 15) is 29.8 Å². The first-order chi connectivity index (χ1) is 36.8. The van der Waals surface area contributed by atoms with Crippen molar-refractivity contribution in [3.63, 3.8) is 0 Å². The highest BCUT2D eigenvalue weighted by molar-refractivity contribution is 9.09. The zero-order valence-corrected chi connectivity index (χ0v) is 49.0. The number of thiocarbonyl (C=S) groups is 1. The Morgan fingerprint density at radius 1 is 0.740 bits per heavy atom. The highest BCUT2D eigenvalue weighted by atomic mass is 79.9. The lowest BCUT2D eigenvalue weighted by Crippen LogP contribution is -2.46. The number of nitro groups is 2. The zero-order valence-electron chi connectivity index (χ0n) is 43.5. The van der Waals surface area contributed by atoms with Gasteiger partial charge in [-0.2, -0.15) is 14.9 Å². The predicted octanol–water partition coefficient (Wildman–Crippen LogP) is 11.2. The van der Waals surface area contributed by atoms with Gasteiger partial charge in [-0.05, 0) is 144 Å². The number of carbonyl (C=O) groups excluding carboxylic acids is 2. The molecule has 4 aliphatic rings. The van der Waals surface area contributed by atoms with Crippen LogP contribution in [0.1, 0.15) is 96.7 Å². The van der Waals surface area contributed by atoms with E-state index >= 15 is 0 Å². The number of nitrogens with one attached hydrogen (secondary N) is 2. The molecule has 4 saturated heterocycles. The van der Waals surface area contributed by atoms with E-state index < -0.39 is 9.85 Å². The van der Waals surface area contributed by atoms with Crippen LogP contribution in [0, 0.1) is 20.2 Å². The number of aliphatic imine (C=N–C) groups is 1. The van der Waals surface area contributed by atoms with E-state index in [2.05, 4.69) is 92.5 Å². The zero-order chi connectivity index (χ0) is 54.0. The van der Waals surface area contributed by atoms with Crippen LogP contribution < -0.4 is 31.9 Å². The molecular weight excluding hydrogens is 1120 g/mol. The molecular formula is C54H70BrN12O6PS3. The molecule has 23 heteroatoms. The predicted molar refractivity (Wildman–Crippen MR) is 329 cm³/mol. The van der Waals surface area contributed by atoms with Crippen molar-refractivity contribution in [2.24, 2.45) is 10.7 Å². The summed E-state index contributed by atoms with van der Waals surface area (Å²) in [5.74, 6) is 0.446. The molecule has 1 aromatic heterocycles. The van der Waals surface area contributed by atoms with Crippen LogP contribution in [0.15, 0.2) is 102 Å². The van der Waals surface area contributed by atoms with Gasteiger partial charge in [-0.15, -0.1) is 0 Å². The second-order valence-corrected chi connectivity index (χ2v) is 22.1. The number of nitrogens with zero attached hydrogens (tertiary/aromatic N) is 8. The van der Waals surface area contributed by atoms with E-state index in [0.717, 1.165) is 66.7 Å². The van der Waals surface area contributed by atoms with Crippen molar-refractivity contribution in [2.75, 3.05) is 89.6 Å². The van der Waals surface area contributed by atoms with Crippen molar-refractivity contribution in [2.45, 2.75) is 83.2 Å². The van der Waals surface area contributed by atoms with Gasteiger partial charge in [-0.25, -0.2) is 4.98 Å². The molecule has 412 valence electrons. The Morgan fingerprint density at radius 3 is 1.68 bits per heavy atom. The Morgan fingerprint density at radius 2 is 1.21 bits per heavy atom. The molecule has 0 saturated carbocycles. The number of benzene rings is 4. The molecule has 0 spiro atoms. The molecule has 4 fully saturated rings. The molecule has 5 aromatic rings. The van der Waals surface area contributed by atoms with E-state index in [4.69, 9.17) is 23.7 Å². The number of aromatic nitrogens is 1. The monoisotopic (exact) mass is 1190 g/mol. The van der Waals surface area contributed by atoms with E-state index in [1.807, 2.05) is 19.1 Å². The van der Waals surface area contributed by atoms with Crippen LogP contribution in [0.4, 0.5) is 45.1 Å². The number of non-ortho nitro benzene ring substituents is 2. The van der Waals surface area contributed by atoms with Crippen LogP contribution in [0.2, 0.25) is 0 Å². The summed E-state index contributed by atoms with van der Waals surface area (Å²) in [6.07, 6.45) is 13.2. The minimum atomic E-state index is -0.527. The molecule has 0 aliphatic carbocycles. The fourth-order valence-corrected chi connectivity index (χ4v) is 11.8. The number of rotatable bonds is 14. The number of ketones is 2. The third kappa shape index (κ3) is 18.0. The smallest absolute Gasteiger partial charge is 0.270 e. The molecule has 6 N–H and O–H groups in total. The van der Waals surface area contributed by atoms with Crippen molar-refractivity contribution in [3.8, 4) is 0 Å². The van der Waals surface area contributed by atoms with Crippen molar-refractivity contribution in [1.29, 1.82) is 0 Å². The van der Waals surface area contributed by atoms with E-state index in [1.54, 1.807) is 6.07 Å². The molecule has 18 nitrogen and oxygen atoms in total. The number of hydrogen-bond acceptors (Lipinski definition) is 16. The number of piperidine rings is 4. The van der Waals surface area contributed by atoms with Gasteiger partial charge in [0.05, 0.1) is 15.2 Å². The number of halogens is 1. The number of nitro benzene ring substituents is 2. The highest BCUT2D eigenvalue weighted by Gasteiger charge is 2.28. The first kappa shape index (κ1) is 60.6. The summed E-state index contributed by atoms with van der Waals surface area (Å²) < 4.78 is 0. The molecule has 4 aliphatic heterocycles. The van der Waals surface area contributed by atoms with Gasteiger partial charge >= 0.3 is 0 Å². The third-order valence-electron chi connectivity index (χ3n) is 13.9. The highest BCUT2D eigenvalue weighted by Crippen LogP contribution is 2.32. The van der Waals surface area contributed by atoms with Gasteiger partial charge < -0.3 is 41.7 Å². The second-order valence-electron chi connectivity index (χ2n) is 18.9. The molecule has 0 bridgehead atoms. The average molecular weight is 1190 g/mol. The maximum atomic E-state index is 12.9. The summed E-state index contributed by atoms with van der Waals surface area (Å²) in [5, 5.41) is 29.3. The van der Waals surface area contributed by atoms with Gasteiger partial charge in [0.1, 0.15) is 10.7 Å². The number of carbonyl (C=O) groups is 2. The van der Waals surface area contributed by atoms with Crippen molar-refractivity contribution in [3.05, 3.63) is 133 Å². The maximum absolute atomic E-state index is 12.9. The number of nitrogen functional groups attached to an aromatic ring is 1. The van der Waals surface area contributed by atoms with Crippen LogP contribution in [0.5, 0.6) is 0 Å². The van der Waals surface area contributed by atoms with Gasteiger partial charge in [0, 0.05) is 96.4 Å². The Hall–Kier alpha value is -5.61. The molecule has 1 atom stereocenters. The normalized spacial score (nSPS) is 16.6. The molecule has 5 heterocycles. The summed E-state index contributed by atoms with van der Waals surface area (Å²) in [7, 11) is 0. The van der Waals surface area contributed by atoms with Gasteiger partial charge in [-0.1, -0.05) is 83.1 Å². The van der Waals surface area contributed by atoms with E-state index in [0.29, 0.717) is 21.0 Å². The first-order valence-corrected chi connectivity index (χ1v) is 29.2. The Balaban J connectivity index is 0.000000206. The third-order valence-corrected chi connectivity index (χ3v) is 16.3. The van der Waals surface area contributed by atoms with Crippen molar-refractivity contribution in [1.82, 2.24) is 14.8 Å². The number of amidine groups is 1. The number of anilines is 6. The topological polar surface area (TPSA) is 235 Å². The Kier molecular flexibility index (Phi) is 24.0. The SMILES string of the molecule is CCSC(N)=NC(=S)Nc1ccc(N2CCC(N3CCCCC3)CC2)cc1.Nc1nc(Nc2ccc(N3CCC(N4CCCCC4)CC3)cc2)sc1C(=O)c1cccc([N+](=O)[O-])c1.O=C(CBr)c1cccc([N+](=O)[O-])c1.P. The van der Waals surface area contributed by atoms with Gasteiger partial charge in [0.2, 0.25) is 5.78 Å². The lowest BCUT2D eigenvalue weighted by Gasteiger charge is -2.41. The minimum Gasteiger partial charge on any atom is -0.382 e. The molecule has 0 amide bonds. The summed E-state index contributed by atoms with van der Waals surface area (Å²) in [6, 6.07) is 29.5. The van der Waals surface area contributed by atoms with Crippen LogP contribution in [-0.4, -0.2) is 122 Å². The number of thiazole rings is 1. The molecule has 77 heavy (non-hydrogen) atoms. The van der Waals surface area contributed by atoms with E-state index in [1.165, 1.54) is 156 Å². The van der Waals surface area contributed by atoms with Crippen LogP contribution in [-0.2, 0) is 0 Å². The number of thioether (sulfide) groups is 1. The largest absolute Gasteiger partial charge is 0.382 e. The number of nitrogens with two attached hydrogens (primary N) is 2. The fourth-order valence-electron chi connectivity index (χ4n) is 9.92. The van der Waals surface area contributed by atoms with Gasteiger partial charge in [0.15, 0.2) is 21.2 Å². The summed E-state index contributed by atoms with van der Waals surface area (Å²) in [6.45, 7) is 11.6. The quantitative estimate of drug-likeness (QED) is 0.0118. The number of alkyl halides is 1. The fraction of sp³-hybridized carbons (Fsp3) is 0.426. The van der Waals surface area contributed by atoms with Gasteiger partial charge in [0.25, 0.3) is 11.4 Å². The first-order valence-electron chi connectivity index (χ1n) is 25.9. The van der Waals surface area contributed by atoms with Crippen LogP contribution in [0.3, 0.4) is 0 Å². The Bertz CT molecular complexity index is 2780. The summed E-state index contributed by atoms with van der Waals surface area (Å²) >= 11 is 10.9. The standard InChI is InChI=1S/C26H30N6O3S.C20H31N5S2.C8H6BrNO3.H3P/c27-25-24(23(33)18-5-4-6-22(17-18)32(34)35)36-26(29-25)28-19-7-9-20(10-8-19)31-15-11-21(12-16-31)30-13-2-1-3-14-30;1-2-27-19(21)23-20(26)22-16-6-8-17(9-7-16)25-14-10-18(11-15-25)24-12-4-3-5-13-24;9-5-8(11)6-2-1-3-7(4-6)10(12)13;/h4-10,17,21H,1-3,11-16,27H2,(H,28,29);6-9,18H,2-5,10-15H2,1H3,(H3,21,22,23,26);1-4H,5H2;1H3. The lowest BCUT2D eigenvalue weighted by atomic mass is 9.99. The average Bonchev–Trinajstić information content (AvgIpc) is 3.83. The summed E-state index contributed by atoms with van der Waals surface area (Å²) in [4.78, 5) is 63.4. The number of hydrogen-bond donors (Lipinski definition) is 4. The summed E-state index contributed by atoms with van der Waals surface area (Å²) in [5.41, 5.74) is 16.5. The second kappa shape index (κ2) is 30.5. The van der Waals surface area contributed by atoms with Crippen molar-refractivity contribution >= 4 is 128 Å². The van der Waals surface area contributed by atoms with Crippen LogP contribution in [0.25, 0.3) is 0 Å².